The zero-order chi connectivity index (χ0) is 7.98. The summed E-state index contributed by atoms with van der Waals surface area (Å²) in [5.74, 6) is 0. The second-order valence-corrected chi connectivity index (χ2v) is 3.87. The summed E-state index contributed by atoms with van der Waals surface area (Å²) < 4.78 is 4.92. The van der Waals surface area contributed by atoms with Crippen LogP contribution < -0.4 is 5.32 Å². The molecule has 0 spiro atoms. The highest BCUT2D eigenvalue weighted by molar-refractivity contribution is 9.09. The van der Waals surface area contributed by atoms with Gasteiger partial charge >= 0.3 is 0 Å². The fourth-order valence-electron chi connectivity index (χ4n) is 0.591. The van der Waals surface area contributed by atoms with Gasteiger partial charge in [0.05, 0.1) is 12.1 Å². The lowest BCUT2D eigenvalue weighted by Crippen LogP contribution is -2.23. The van der Waals surface area contributed by atoms with Crippen LogP contribution >= 0.6 is 27.5 Å². The van der Waals surface area contributed by atoms with Crippen LogP contribution in [-0.2, 0) is 4.74 Å². The quantitative estimate of drug-likeness (QED) is 0.572. The van der Waals surface area contributed by atoms with Crippen molar-refractivity contribution >= 4 is 27.5 Å². The third-order valence-corrected chi connectivity index (χ3v) is 2.16. The van der Waals surface area contributed by atoms with Crippen molar-refractivity contribution in [2.75, 3.05) is 20.8 Å². The molecule has 0 rings (SSSR count). The maximum atomic E-state index is 5.80. The standard InChI is InChI=1S/C6H13BrClNO/c1-9-6(8)3-5(7)4-10-2/h5-6,9H,3-4H2,1-2H3. The van der Waals surface area contributed by atoms with E-state index < -0.39 is 0 Å². The molecule has 2 atom stereocenters. The Kier molecular flexibility index (Phi) is 6.85. The van der Waals surface area contributed by atoms with E-state index in [1.165, 1.54) is 0 Å². The molecule has 4 heteroatoms. The highest BCUT2D eigenvalue weighted by Gasteiger charge is 2.08. The van der Waals surface area contributed by atoms with Crippen molar-refractivity contribution < 1.29 is 4.74 Å². The Morgan fingerprint density at radius 1 is 1.70 bits per heavy atom. The average molecular weight is 231 g/mol. The summed E-state index contributed by atoms with van der Waals surface area (Å²) in [4.78, 5) is 0.340. The largest absolute Gasteiger partial charge is 0.384 e. The van der Waals surface area contributed by atoms with E-state index in [0.717, 1.165) is 6.42 Å². The summed E-state index contributed by atoms with van der Waals surface area (Å²) in [5.41, 5.74) is 0.0273. The summed E-state index contributed by atoms with van der Waals surface area (Å²) in [6, 6.07) is 0. The van der Waals surface area contributed by atoms with Crippen LogP contribution in [0.2, 0.25) is 0 Å². The highest BCUT2D eigenvalue weighted by Crippen LogP contribution is 2.10. The molecule has 0 saturated carbocycles. The van der Waals surface area contributed by atoms with E-state index in [9.17, 15) is 0 Å². The molecule has 62 valence electrons. The number of hydrogen-bond donors (Lipinski definition) is 1. The number of ether oxygens (including phenoxy) is 1. The van der Waals surface area contributed by atoms with Gasteiger partial charge in [-0.15, -0.1) is 11.6 Å². The van der Waals surface area contributed by atoms with Crippen LogP contribution in [0.1, 0.15) is 6.42 Å². The summed E-state index contributed by atoms with van der Waals surface area (Å²) in [6.07, 6.45) is 0.867. The van der Waals surface area contributed by atoms with Gasteiger partial charge in [0.15, 0.2) is 0 Å². The molecule has 0 radical (unpaired) electrons. The molecule has 0 aromatic carbocycles. The lowest BCUT2D eigenvalue weighted by atomic mass is 10.3. The monoisotopic (exact) mass is 229 g/mol. The van der Waals surface area contributed by atoms with Gasteiger partial charge in [0, 0.05) is 11.9 Å². The first-order valence-corrected chi connectivity index (χ1v) is 4.50. The fraction of sp³-hybridized carbons (Fsp3) is 1.00. The topological polar surface area (TPSA) is 21.3 Å². The number of methoxy groups -OCH3 is 1. The first-order chi connectivity index (χ1) is 4.70. The molecule has 0 bridgehead atoms. The lowest BCUT2D eigenvalue weighted by Gasteiger charge is -2.12. The summed E-state index contributed by atoms with van der Waals surface area (Å²) in [5, 5.41) is 2.93. The van der Waals surface area contributed by atoms with Crippen molar-refractivity contribution in [3.63, 3.8) is 0 Å². The Balaban J connectivity index is 3.27. The normalized spacial score (nSPS) is 16.8. The lowest BCUT2D eigenvalue weighted by molar-refractivity contribution is 0.197. The molecule has 0 aliphatic rings. The molecule has 0 aliphatic heterocycles. The van der Waals surface area contributed by atoms with Gasteiger partial charge in [-0.25, -0.2) is 0 Å². The van der Waals surface area contributed by atoms with Crippen molar-refractivity contribution in [2.45, 2.75) is 16.7 Å². The molecule has 1 N–H and O–H groups in total. The van der Waals surface area contributed by atoms with E-state index in [4.69, 9.17) is 16.3 Å². The first kappa shape index (κ1) is 10.7. The molecule has 0 aromatic rings. The van der Waals surface area contributed by atoms with Crippen LogP contribution in [0.25, 0.3) is 0 Å². The second-order valence-electron chi connectivity index (χ2n) is 2.04. The van der Waals surface area contributed by atoms with E-state index in [2.05, 4.69) is 21.2 Å². The third kappa shape index (κ3) is 5.47. The van der Waals surface area contributed by atoms with Crippen LogP contribution in [0.5, 0.6) is 0 Å². The van der Waals surface area contributed by atoms with Gasteiger partial charge in [0.2, 0.25) is 0 Å². The fourth-order valence-corrected chi connectivity index (χ4v) is 1.66. The molecule has 10 heavy (non-hydrogen) atoms. The number of halogens is 2. The summed E-state index contributed by atoms with van der Waals surface area (Å²) in [6.45, 7) is 0.699. The van der Waals surface area contributed by atoms with Crippen molar-refractivity contribution in [3.8, 4) is 0 Å². The number of alkyl halides is 2. The summed E-state index contributed by atoms with van der Waals surface area (Å²) in [7, 11) is 3.51. The van der Waals surface area contributed by atoms with Crippen molar-refractivity contribution in [3.05, 3.63) is 0 Å². The van der Waals surface area contributed by atoms with Crippen LogP contribution in [-0.4, -0.2) is 31.1 Å². The zero-order valence-corrected chi connectivity index (χ0v) is 8.58. The van der Waals surface area contributed by atoms with E-state index in [0.29, 0.717) is 11.4 Å². The molecule has 2 nitrogen and oxygen atoms in total. The van der Waals surface area contributed by atoms with Gasteiger partial charge in [-0.3, -0.25) is 0 Å². The minimum Gasteiger partial charge on any atom is -0.384 e. The van der Waals surface area contributed by atoms with Gasteiger partial charge in [-0.1, -0.05) is 15.9 Å². The molecular weight excluding hydrogens is 217 g/mol. The Labute approximate surface area is 75.4 Å². The number of hydrogen-bond acceptors (Lipinski definition) is 2. The van der Waals surface area contributed by atoms with Crippen LogP contribution in [0.3, 0.4) is 0 Å². The Hall–Kier alpha value is 0.690. The Morgan fingerprint density at radius 3 is 2.70 bits per heavy atom. The van der Waals surface area contributed by atoms with E-state index in [1.807, 2.05) is 7.05 Å². The second kappa shape index (κ2) is 6.40. The van der Waals surface area contributed by atoms with Gasteiger partial charge < -0.3 is 10.1 Å². The zero-order valence-electron chi connectivity index (χ0n) is 6.23. The molecule has 0 heterocycles. The minimum absolute atomic E-state index is 0.0273. The molecule has 0 fully saturated rings. The third-order valence-electron chi connectivity index (χ3n) is 1.12. The minimum atomic E-state index is 0.0273. The van der Waals surface area contributed by atoms with Gasteiger partial charge in [0.25, 0.3) is 0 Å². The van der Waals surface area contributed by atoms with E-state index in [1.54, 1.807) is 7.11 Å². The van der Waals surface area contributed by atoms with Crippen LogP contribution in [0.15, 0.2) is 0 Å². The van der Waals surface area contributed by atoms with Crippen molar-refractivity contribution in [1.82, 2.24) is 5.32 Å². The predicted octanol–water partition coefficient (Wildman–Crippen LogP) is 1.57. The SMILES string of the molecule is CNC(Cl)CC(Br)COC. The molecule has 2 unspecified atom stereocenters. The summed E-state index contributed by atoms with van der Waals surface area (Å²) >= 11 is 9.23. The maximum Gasteiger partial charge on any atom is 0.0834 e. The molecule has 0 amide bonds. The average Bonchev–Trinajstić information content (AvgIpc) is 1.88. The van der Waals surface area contributed by atoms with Gasteiger partial charge in [-0.05, 0) is 13.5 Å². The van der Waals surface area contributed by atoms with Crippen molar-refractivity contribution in [2.24, 2.45) is 0 Å². The highest BCUT2D eigenvalue weighted by atomic mass is 79.9. The van der Waals surface area contributed by atoms with E-state index in [-0.39, 0.29) is 5.50 Å². The van der Waals surface area contributed by atoms with Gasteiger partial charge in [0.1, 0.15) is 0 Å². The molecular formula is C6H13BrClNO. The smallest absolute Gasteiger partial charge is 0.0834 e. The maximum absolute atomic E-state index is 5.80. The first-order valence-electron chi connectivity index (χ1n) is 3.15. The van der Waals surface area contributed by atoms with Crippen LogP contribution in [0.4, 0.5) is 0 Å². The Morgan fingerprint density at radius 2 is 2.30 bits per heavy atom. The molecule has 0 saturated heterocycles. The number of nitrogens with one attached hydrogen (secondary N) is 1. The molecule has 0 aliphatic carbocycles. The Bertz CT molecular complexity index is 84.1. The molecule has 0 aromatic heterocycles. The van der Waals surface area contributed by atoms with E-state index >= 15 is 0 Å². The predicted molar refractivity (Wildman–Crippen MR) is 47.9 cm³/mol. The van der Waals surface area contributed by atoms with Crippen molar-refractivity contribution in [1.29, 1.82) is 0 Å². The van der Waals surface area contributed by atoms with Gasteiger partial charge in [-0.2, -0.15) is 0 Å². The van der Waals surface area contributed by atoms with Crippen LogP contribution in [0, 0.1) is 0 Å². The number of rotatable bonds is 5.